The molecule has 0 saturated heterocycles. The van der Waals surface area contributed by atoms with Crippen molar-refractivity contribution in [3.63, 3.8) is 0 Å². The minimum absolute atomic E-state index is 0.0953. The number of hydrogen-bond acceptors (Lipinski definition) is 7. The van der Waals surface area contributed by atoms with Crippen molar-refractivity contribution in [2.24, 2.45) is 0 Å². The predicted octanol–water partition coefficient (Wildman–Crippen LogP) is 4.56. The Kier molecular flexibility index (Phi) is 6.45. The molecule has 0 bridgehead atoms. The van der Waals surface area contributed by atoms with Gasteiger partial charge in [0.15, 0.2) is 17.3 Å². The largest absolute Gasteiger partial charge is 0.493 e. The molecule has 0 spiro atoms. The molecular formula is C19H15F2NO6S. The maximum atomic E-state index is 12.4. The van der Waals surface area contributed by atoms with Crippen LogP contribution in [0.15, 0.2) is 53.1 Å². The van der Waals surface area contributed by atoms with Gasteiger partial charge in [-0.05, 0) is 42.0 Å². The van der Waals surface area contributed by atoms with E-state index in [0.29, 0.717) is 10.6 Å². The van der Waals surface area contributed by atoms with Crippen LogP contribution >= 0.6 is 11.3 Å². The van der Waals surface area contributed by atoms with Gasteiger partial charge in [0, 0.05) is 0 Å². The summed E-state index contributed by atoms with van der Waals surface area (Å²) in [6.07, 6.45) is 1.38. The molecule has 2 heterocycles. The van der Waals surface area contributed by atoms with Crippen LogP contribution in [-0.2, 0) is 11.3 Å². The number of carbonyl (C=O) groups excluding carboxylic acids is 2. The molecule has 1 N–H and O–H groups in total. The SMILES string of the molecule is COc1cc(COC(=O)c2ccc(NC(=O)c3ccco3)s2)ccc1OC(F)F. The number of halogens is 2. The Morgan fingerprint density at radius 1 is 1.17 bits per heavy atom. The van der Waals surface area contributed by atoms with Crippen LogP contribution in [0.5, 0.6) is 11.5 Å². The number of alkyl halides is 2. The highest BCUT2D eigenvalue weighted by molar-refractivity contribution is 7.18. The number of anilines is 1. The second kappa shape index (κ2) is 9.20. The van der Waals surface area contributed by atoms with Crippen molar-refractivity contribution < 1.29 is 37.0 Å². The van der Waals surface area contributed by atoms with Gasteiger partial charge in [0.2, 0.25) is 0 Å². The minimum atomic E-state index is -2.98. The maximum Gasteiger partial charge on any atom is 0.387 e. The molecule has 3 rings (SSSR count). The zero-order valence-electron chi connectivity index (χ0n) is 15.0. The van der Waals surface area contributed by atoms with E-state index >= 15 is 0 Å². The smallest absolute Gasteiger partial charge is 0.387 e. The molecule has 0 aliphatic carbocycles. The van der Waals surface area contributed by atoms with E-state index in [1.807, 2.05) is 0 Å². The van der Waals surface area contributed by atoms with Crippen LogP contribution in [0.3, 0.4) is 0 Å². The number of amides is 1. The van der Waals surface area contributed by atoms with Gasteiger partial charge in [-0.2, -0.15) is 8.78 Å². The van der Waals surface area contributed by atoms with Gasteiger partial charge in [-0.3, -0.25) is 4.79 Å². The van der Waals surface area contributed by atoms with Gasteiger partial charge >= 0.3 is 12.6 Å². The number of furan rings is 1. The Balaban J connectivity index is 1.58. The van der Waals surface area contributed by atoms with Crippen LogP contribution < -0.4 is 14.8 Å². The van der Waals surface area contributed by atoms with E-state index in [-0.39, 0.29) is 28.7 Å². The lowest BCUT2D eigenvalue weighted by Crippen LogP contribution is -2.09. The second-order valence-electron chi connectivity index (χ2n) is 5.54. The van der Waals surface area contributed by atoms with Crippen molar-refractivity contribution in [3.8, 4) is 11.5 Å². The fourth-order valence-corrected chi connectivity index (χ4v) is 3.11. The number of methoxy groups -OCH3 is 1. The van der Waals surface area contributed by atoms with Gasteiger partial charge < -0.3 is 23.9 Å². The number of hydrogen-bond donors (Lipinski definition) is 1. The quantitative estimate of drug-likeness (QED) is 0.535. The van der Waals surface area contributed by atoms with E-state index < -0.39 is 18.5 Å². The molecular weight excluding hydrogens is 408 g/mol. The maximum absolute atomic E-state index is 12.4. The molecule has 2 aromatic heterocycles. The molecule has 0 aliphatic heterocycles. The Morgan fingerprint density at radius 3 is 2.69 bits per heavy atom. The Morgan fingerprint density at radius 2 is 2.00 bits per heavy atom. The predicted molar refractivity (Wildman–Crippen MR) is 99.7 cm³/mol. The second-order valence-corrected chi connectivity index (χ2v) is 6.62. The number of nitrogens with one attached hydrogen (secondary N) is 1. The summed E-state index contributed by atoms with van der Waals surface area (Å²) < 4.78 is 44.3. The lowest BCUT2D eigenvalue weighted by Gasteiger charge is -2.11. The van der Waals surface area contributed by atoms with Crippen LogP contribution in [0, 0.1) is 0 Å². The highest BCUT2D eigenvalue weighted by atomic mass is 32.1. The first kappa shape index (κ1) is 20.3. The highest BCUT2D eigenvalue weighted by Gasteiger charge is 2.15. The van der Waals surface area contributed by atoms with Crippen LogP contribution in [0.25, 0.3) is 0 Å². The lowest BCUT2D eigenvalue weighted by atomic mass is 10.2. The molecule has 29 heavy (non-hydrogen) atoms. The van der Waals surface area contributed by atoms with Crippen molar-refractivity contribution in [2.75, 3.05) is 12.4 Å². The first-order valence-corrected chi connectivity index (χ1v) is 9.01. The van der Waals surface area contributed by atoms with Crippen LogP contribution in [-0.4, -0.2) is 25.6 Å². The summed E-state index contributed by atoms with van der Waals surface area (Å²) >= 11 is 1.04. The molecule has 1 amide bonds. The Hall–Kier alpha value is -3.40. The molecule has 0 fully saturated rings. The summed E-state index contributed by atoms with van der Waals surface area (Å²) in [6.45, 7) is -3.08. The van der Waals surface area contributed by atoms with Gasteiger partial charge in [0.05, 0.1) is 18.4 Å². The summed E-state index contributed by atoms with van der Waals surface area (Å²) in [6, 6.07) is 10.4. The van der Waals surface area contributed by atoms with Crippen molar-refractivity contribution >= 4 is 28.2 Å². The third-order valence-corrected chi connectivity index (χ3v) is 4.58. The van der Waals surface area contributed by atoms with Gasteiger partial charge in [0.1, 0.15) is 11.5 Å². The molecule has 0 unspecified atom stereocenters. The molecule has 1 aromatic carbocycles. The Labute approximate surface area is 167 Å². The summed E-state index contributed by atoms with van der Waals surface area (Å²) in [5.74, 6) is -0.906. The summed E-state index contributed by atoms with van der Waals surface area (Å²) in [7, 11) is 1.31. The van der Waals surface area contributed by atoms with E-state index in [1.54, 1.807) is 12.1 Å². The van der Waals surface area contributed by atoms with Crippen LogP contribution in [0.2, 0.25) is 0 Å². The minimum Gasteiger partial charge on any atom is -0.493 e. The molecule has 0 saturated carbocycles. The molecule has 0 radical (unpaired) electrons. The lowest BCUT2D eigenvalue weighted by molar-refractivity contribution is -0.0512. The molecule has 10 heteroatoms. The number of carbonyl (C=O) groups is 2. The summed E-state index contributed by atoms with van der Waals surface area (Å²) in [5, 5.41) is 3.07. The molecule has 0 atom stereocenters. The topological polar surface area (TPSA) is 87.0 Å². The fraction of sp³-hybridized carbons (Fsp3) is 0.158. The van der Waals surface area contributed by atoms with E-state index in [1.165, 1.54) is 43.7 Å². The number of benzene rings is 1. The first-order chi connectivity index (χ1) is 14.0. The van der Waals surface area contributed by atoms with Gasteiger partial charge in [-0.25, -0.2) is 4.79 Å². The van der Waals surface area contributed by atoms with Crippen molar-refractivity contribution in [2.45, 2.75) is 13.2 Å². The number of ether oxygens (including phenoxy) is 3. The number of rotatable bonds is 8. The Bertz CT molecular complexity index is 987. The average Bonchev–Trinajstić information content (AvgIpc) is 3.38. The standard InChI is InChI=1S/C19H15F2NO6S/c1-25-14-9-11(4-5-12(14)28-19(20)21)10-27-18(24)15-6-7-16(29-15)22-17(23)13-3-2-8-26-13/h2-9,19H,10H2,1H3,(H,22,23). The zero-order chi connectivity index (χ0) is 20.8. The van der Waals surface area contributed by atoms with Crippen LogP contribution in [0.4, 0.5) is 13.8 Å². The van der Waals surface area contributed by atoms with Crippen molar-refractivity contribution in [1.29, 1.82) is 0 Å². The monoisotopic (exact) mass is 423 g/mol. The third kappa shape index (κ3) is 5.32. The molecule has 7 nitrogen and oxygen atoms in total. The number of esters is 1. The average molecular weight is 423 g/mol. The van der Waals surface area contributed by atoms with E-state index in [0.717, 1.165) is 11.3 Å². The summed E-state index contributed by atoms with van der Waals surface area (Å²) in [4.78, 5) is 24.4. The van der Waals surface area contributed by atoms with E-state index in [9.17, 15) is 18.4 Å². The third-order valence-electron chi connectivity index (χ3n) is 3.60. The van der Waals surface area contributed by atoms with Gasteiger partial charge in [0.25, 0.3) is 5.91 Å². The van der Waals surface area contributed by atoms with Crippen molar-refractivity contribution in [1.82, 2.24) is 0 Å². The zero-order valence-corrected chi connectivity index (χ0v) is 15.8. The van der Waals surface area contributed by atoms with E-state index in [2.05, 4.69) is 10.1 Å². The molecule has 3 aromatic rings. The van der Waals surface area contributed by atoms with E-state index in [4.69, 9.17) is 13.9 Å². The van der Waals surface area contributed by atoms with Gasteiger partial charge in [-0.15, -0.1) is 11.3 Å². The van der Waals surface area contributed by atoms with Crippen LogP contribution in [0.1, 0.15) is 25.8 Å². The normalized spacial score (nSPS) is 10.6. The molecule has 152 valence electrons. The fourth-order valence-electron chi connectivity index (χ4n) is 2.31. The number of thiophene rings is 1. The molecule has 0 aliphatic rings. The van der Waals surface area contributed by atoms with Gasteiger partial charge in [-0.1, -0.05) is 6.07 Å². The highest BCUT2D eigenvalue weighted by Crippen LogP contribution is 2.30. The van der Waals surface area contributed by atoms with Crippen molar-refractivity contribution in [3.05, 3.63) is 64.9 Å². The summed E-state index contributed by atoms with van der Waals surface area (Å²) in [5.41, 5.74) is 0.528. The first-order valence-electron chi connectivity index (χ1n) is 8.20.